The summed E-state index contributed by atoms with van der Waals surface area (Å²) in [7, 11) is 0. The molecular formula is C21H24N2O3. The Kier molecular flexibility index (Phi) is 2.94. The van der Waals surface area contributed by atoms with Crippen LogP contribution in [0.25, 0.3) is 0 Å². The zero-order valence-corrected chi connectivity index (χ0v) is 15.0. The molecule has 0 radical (unpaired) electrons. The van der Waals surface area contributed by atoms with Gasteiger partial charge >= 0.3 is 0 Å². The van der Waals surface area contributed by atoms with Crippen LogP contribution in [0.3, 0.4) is 0 Å². The van der Waals surface area contributed by atoms with E-state index in [2.05, 4.69) is 29.2 Å². The molecule has 5 nitrogen and oxygen atoms in total. The molecule has 1 N–H and O–H groups in total. The minimum Gasteiger partial charge on any atom is -0.368 e. The fourth-order valence-electron chi connectivity index (χ4n) is 6.99. The number of piperidine rings is 1. The molecule has 1 aliphatic carbocycles. The second kappa shape index (κ2) is 4.97. The molecule has 1 saturated carbocycles. The van der Waals surface area contributed by atoms with Gasteiger partial charge in [0.15, 0.2) is 6.29 Å². The summed E-state index contributed by atoms with van der Waals surface area (Å²) in [6.07, 6.45) is 3.47. The number of hydrogen-bond donors (Lipinski definition) is 1. The van der Waals surface area contributed by atoms with E-state index in [0.29, 0.717) is 18.6 Å². The van der Waals surface area contributed by atoms with Crippen LogP contribution >= 0.6 is 0 Å². The smallest absolute Gasteiger partial charge is 0.224 e. The Labute approximate surface area is 153 Å². The van der Waals surface area contributed by atoms with Gasteiger partial charge in [0.05, 0.1) is 12.6 Å². The fourth-order valence-corrected chi connectivity index (χ4v) is 6.99. The van der Waals surface area contributed by atoms with Gasteiger partial charge in [0, 0.05) is 36.5 Å². The summed E-state index contributed by atoms with van der Waals surface area (Å²) in [6, 6.07) is 8.83. The van der Waals surface area contributed by atoms with E-state index in [9.17, 15) is 9.90 Å². The number of fused-ring (bicyclic) bond motifs is 2. The van der Waals surface area contributed by atoms with Crippen LogP contribution in [0.1, 0.15) is 25.3 Å². The lowest BCUT2D eigenvalue weighted by molar-refractivity contribution is -0.156. The normalized spacial score (nSPS) is 42.8. The highest BCUT2D eigenvalue weighted by Crippen LogP contribution is 2.64. The van der Waals surface area contributed by atoms with E-state index in [4.69, 9.17) is 4.74 Å². The molecule has 136 valence electrons. The van der Waals surface area contributed by atoms with Gasteiger partial charge in [-0.2, -0.15) is 0 Å². The molecule has 2 saturated heterocycles. The number of nitrogens with zero attached hydrogens (tertiary/aromatic N) is 2. The summed E-state index contributed by atoms with van der Waals surface area (Å²) in [4.78, 5) is 17.4. The van der Waals surface area contributed by atoms with Crippen LogP contribution in [0, 0.1) is 11.8 Å². The standard InChI is InChI=1S/C21H24N2O3/c1-12(24)23-16-5-3-2-4-15(16)21-7-8-22-11-13-6-9-26-20(25)18(19(21)23)14(13)10-17(21)22/h2-6,14,17-20,25H,7-11H2,1H3/t14?,17?,18?,19?,20?,21-/m0/s1. The van der Waals surface area contributed by atoms with Crippen molar-refractivity contribution in [3.8, 4) is 0 Å². The summed E-state index contributed by atoms with van der Waals surface area (Å²) >= 11 is 0. The van der Waals surface area contributed by atoms with Gasteiger partial charge in [-0.05, 0) is 36.9 Å². The van der Waals surface area contributed by atoms with Crippen molar-refractivity contribution in [1.82, 2.24) is 4.90 Å². The lowest BCUT2D eigenvalue weighted by Gasteiger charge is -2.56. The van der Waals surface area contributed by atoms with E-state index in [1.807, 2.05) is 11.0 Å². The Hall–Kier alpha value is -1.69. The lowest BCUT2D eigenvalue weighted by Crippen LogP contribution is -2.66. The predicted molar refractivity (Wildman–Crippen MR) is 96.7 cm³/mol. The zero-order chi connectivity index (χ0) is 17.6. The Morgan fingerprint density at radius 3 is 3.04 bits per heavy atom. The van der Waals surface area contributed by atoms with Gasteiger partial charge < -0.3 is 14.7 Å². The number of para-hydroxylation sites is 1. The first-order valence-corrected chi connectivity index (χ1v) is 9.75. The lowest BCUT2D eigenvalue weighted by atomic mass is 9.55. The van der Waals surface area contributed by atoms with E-state index < -0.39 is 6.29 Å². The molecular weight excluding hydrogens is 328 g/mol. The molecule has 5 heteroatoms. The van der Waals surface area contributed by atoms with E-state index in [-0.39, 0.29) is 23.3 Å². The first kappa shape index (κ1) is 15.4. The number of rotatable bonds is 0. The van der Waals surface area contributed by atoms with E-state index in [1.54, 1.807) is 6.92 Å². The molecule has 5 aliphatic rings. The van der Waals surface area contributed by atoms with Gasteiger partial charge in [0.1, 0.15) is 0 Å². The average molecular weight is 352 g/mol. The van der Waals surface area contributed by atoms with Crippen LogP contribution in [0.5, 0.6) is 0 Å². The molecule has 3 fully saturated rings. The Bertz CT molecular complexity index is 836. The second-order valence-corrected chi connectivity index (χ2v) is 8.55. The molecule has 1 aromatic rings. The van der Waals surface area contributed by atoms with Crippen LogP contribution < -0.4 is 4.90 Å². The second-order valence-electron chi connectivity index (χ2n) is 8.55. The monoisotopic (exact) mass is 352 g/mol. The van der Waals surface area contributed by atoms with E-state index in [0.717, 1.165) is 31.6 Å². The highest BCUT2D eigenvalue weighted by Gasteiger charge is 2.69. The fraction of sp³-hybridized carbons (Fsp3) is 0.571. The minimum absolute atomic E-state index is 0.0250. The first-order chi connectivity index (χ1) is 12.6. The number of benzene rings is 1. The summed E-state index contributed by atoms with van der Waals surface area (Å²) in [5.41, 5.74) is 3.66. The molecule has 4 aliphatic heterocycles. The van der Waals surface area contributed by atoms with E-state index in [1.165, 1.54) is 11.1 Å². The quantitative estimate of drug-likeness (QED) is 0.722. The molecule has 4 heterocycles. The van der Waals surface area contributed by atoms with Crippen molar-refractivity contribution in [3.05, 3.63) is 41.5 Å². The van der Waals surface area contributed by atoms with Gasteiger partial charge in [-0.15, -0.1) is 0 Å². The van der Waals surface area contributed by atoms with Crippen molar-refractivity contribution < 1.29 is 14.6 Å². The third-order valence-electron chi connectivity index (χ3n) is 7.77. The van der Waals surface area contributed by atoms with Gasteiger partial charge in [0.2, 0.25) is 5.91 Å². The van der Waals surface area contributed by atoms with Crippen molar-refractivity contribution in [2.24, 2.45) is 11.8 Å². The Balaban J connectivity index is 1.64. The minimum atomic E-state index is -0.820. The number of carbonyl (C=O) groups excluding carboxylic acids is 1. The summed E-state index contributed by atoms with van der Waals surface area (Å²) in [5, 5.41) is 11.0. The average Bonchev–Trinajstić information content (AvgIpc) is 3.10. The first-order valence-electron chi connectivity index (χ1n) is 9.75. The maximum atomic E-state index is 12.8. The topological polar surface area (TPSA) is 53.0 Å². The summed E-state index contributed by atoms with van der Waals surface area (Å²) in [5.74, 6) is 0.317. The van der Waals surface area contributed by atoms with Crippen LogP contribution in [0.4, 0.5) is 5.69 Å². The maximum absolute atomic E-state index is 12.8. The number of aliphatic hydroxyl groups excluding tert-OH is 1. The van der Waals surface area contributed by atoms with Crippen molar-refractivity contribution in [1.29, 1.82) is 0 Å². The van der Waals surface area contributed by atoms with Gasteiger partial charge in [-0.25, -0.2) is 0 Å². The zero-order valence-electron chi connectivity index (χ0n) is 15.0. The molecule has 1 amide bonds. The molecule has 0 aromatic heterocycles. The largest absolute Gasteiger partial charge is 0.368 e. The molecule has 2 bridgehead atoms. The van der Waals surface area contributed by atoms with E-state index >= 15 is 0 Å². The van der Waals surface area contributed by atoms with Crippen molar-refractivity contribution >= 4 is 11.6 Å². The van der Waals surface area contributed by atoms with Crippen molar-refractivity contribution in [2.75, 3.05) is 24.6 Å². The number of aliphatic hydroxyl groups is 1. The van der Waals surface area contributed by atoms with Gasteiger partial charge in [0.25, 0.3) is 0 Å². The third-order valence-corrected chi connectivity index (χ3v) is 7.77. The summed E-state index contributed by atoms with van der Waals surface area (Å²) in [6.45, 7) is 4.18. The highest BCUT2D eigenvalue weighted by atomic mass is 16.6. The molecule has 1 aromatic carbocycles. The number of carbonyl (C=O) groups is 1. The van der Waals surface area contributed by atoms with Gasteiger partial charge in [-0.1, -0.05) is 29.8 Å². The van der Waals surface area contributed by atoms with Gasteiger partial charge in [-0.3, -0.25) is 9.69 Å². The third kappa shape index (κ3) is 1.61. The molecule has 5 unspecified atom stereocenters. The van der Waals surface area contributed by atoms with Crippen LogP contribution in [0.15, 0.2) is 35.9 Å². The van der Waals surface area contributed by atoms with Crippen molar-refractivity contribution in [3.63, 3.8) is 0 Å². The highest BCUT2D eigenvalue weighted by molar-refractivity contribution is 5.96. The molecule has 6 atom stereocenters. The Morgan fingerprint density at radius 2 is 2.19 bits per heavy atom. The van der Waals surface area contributed by atoms with Crippen LogP contribution in [-0.4, -0.2) is 54.0 Å². The van der Waals surface area contributed by atoms with Crippen LogP contribution in [0.2, 0.25) is 0 Å². The molecule has 6 rings (SSSR count). The number of anilines is 1. The SMILES string of the molecule is CC(=O)N1c2ccccc2[C@@]23CCN4CC5=CCOC(O)C(C5CC42)C13. The number of hydrogen-bond acceptors (Lipinski definition) is 4. The number of amides is 1. The predicted octanol–water partition coefficient (Wildman–Crippen LogP) is 1.66. The molecule has 26 heavy (non-hydrogen) atoms. The molecule has 1 spiro atoms. The Morgan fingerprint density at radius 1 is 1.35 bits per heavy atom. The number of ether oxygens (including phenoxy) is 1. The van der Waals surface area contributed by atoms with Crippen LogP contribution in [-0.2, 0) is 14.9 Å². The van der Waals surface area contributed by atoms with Crippen molar-refractivity contribution in [2.45, 2.75) is 43.6 Å². The maximum Gasteiger partial charge on any atom is 0.224 e. The summed E-state index contributed by atoms with van der Waals surface area (Å²) < 4.78 is 5.78.